The summed E-state index contributed by atoms with van der Waals surface area (Å²) < 4.78 is 87.3. The molecule has 0 aliphatic carbocycles. The van der Waals surface area contributed by atoms with Crippen LogP contribution < -0.4 is 4.74 Å². The Morgan fingerprint density at radius 2 is 1.44 bits per heavy atom. The molecule has 0 radical (unpaired) electrons. The van der Waals surface area contributed by atoms with Crippen LogP contribution in [0.5, 0.6) is 5.75 Å². The summed E-state index contributed by atoms with van der Waals surface area (Å²) in [7, 11) is 1.51. The minimum atomic E-state index is -6.09. The molecule has 1 atom stereocenters. The van der Waals surface area contributed by atoms with Crippen LogP contribution in [-0.2, 0) is 19.2 Å². The molecule has 25 heavy (non-hydrogen) atoms. The van der Waals surface area contributed by atoms with E-state index in [1.165, 1.54) is 12.1 Å². The lowest BCUT2D eigenvalue weighted by molar-refractivity contribution is -0.912. The van der Waals surface area contributed by atoms with Gasteiger partial charge >= 0.3 is 5.51 Å². The van der Waals surface area contributed by atoms with E-state index in [1.807, 2.05) is 28.1 Å². The molecule has 1 aromatic rings. The van der Waals surface area contributed by atoms with Crippen molar-refractivity contribution in [2.24, 2.45) is 0 Å². The summed E-state index contributed by atoms with van der Waals surface area (Å²) in [5.74, 6) is 0.620. The van der Waals surface area contributed by atoms with Gasteiger partial charge in [0.1, 0.15) is 5.75 Å². The number of ether oxygens (including phenoxy) is 1. The summed E-state index contributed by atoms with van der Waals surface area (Å²) in [4.78, 5) is 0.0735. The van der Waals surface area contributed by atoms with E-state index in [0.717, 1.165) is 0 Å². The number of benzene rings is 1. The van der Waals surface area contributed by atoms with Crippen LogP contribution in [0.3, 0.4) is 0 Å². The maximum absolute atomic E-state index is 11.0. The third-order valence-electron chi connectivity index (χ3n) is 2.79. The van der Waals surface area contributed by atoms with Gasteiger partial charge in [-0.3, -0.25) is 4.48 Å². The van der Waals surface area contributed by atoms with Crippen LogP contribution in [0.1, 0.15) is 6.92 Å². The van der Waals surface area contributed by atoms with Crippen molar-refractivity contribution >= 4 is 29.9 Å². The Kier molecular flexibility index (Phi) is 7.73. The predicted octanol–water partition coefficient (Wildman–Crippen LogP) is 2.10. The zero-order chi connectivity index (χ0) is 20.3. The number of rotatable bonds is 4. The maximum atomic E-state index is 11.0. The van der Waals surface area contributed by atoms with Gasteiger partial charge < -0.3 is 9.29 Å². The highest BCUT2D eigenvalue weighted by Crippen LogP contribution is 2.21. The first-order chi connectivity index (χ1) is 10.9. The van der Waals surface area contributed by atoms with Crippen molar-refractivity contribution in [1.29, 1.82) is 0 Å². The van der Waals surface area contributed by atoms with Crippen molar-refractivity contribution < 1.29 is 43.8 Å². The molecule has 0 aliphatic heterocycles. The third kappa shape index (κ3) is 8.72. The zero-order valence-corrected chi connectivity index (χ0v) is 16.0. The van der Waals surface area contributed by atoms with Crippen LogP contribution in [0.15, 0.2) is 29.2 Å². The summed E-state index contributed by atoms with van der Waals surface area (Å²) in [6, 6.07) is 6.06. The van der Waals surface area contributed by atoms with Gasteiger partial charge in [-0.15, -0.1) is 0 Å². The number of alkyl halides is 3. The number of hydrogen-bond donors (Lipinski definition) is 0. The van der Waals surface area contributed by atoms with Gasteiger partial charge in [-0.2, -0.15) is 13.2 Å². The quantitative estimate of drug-likeness (QED) is 0.240. The highest BCUT2D eigenvalue weighted by Gasteiger charge is 2.36. The molecule has 13 heteroatoms. The maximum Gasteiger partial charge on any atom is 0.485 e. The van der Waals surface area contributed by atoms with E-state index in [2.05, 4.69) is 0 Å². The third-order valence-corrected chi connectivity index (χ3v) is 4.72. The molecule has 0 aromatic heterocycles. The van der Waals surface area contributed by atoms with E-state index in [9.17, 15) is 21.6 Å². The lowest BCUT2D eigenvalue weighted by atomic mass is 10.3. The molecule has 0 heterocycles. The van der Waals surface area contributed by atoms with Crippen molar-refractivity contribution in [2.75, 3.05) is 21.1 Å². The molecule has 0 N–H and O–H groups in total. The van der Waals surface area contributed by atoms with E-state index in [-0.39, 0.29) is 11.1 Å². The highest BCUT2D eigenvalue weighted by atomic mass is 35.7. The standard InChI is InChI=1S/C11H17ClNO3S.CHF3O3S/c1-9(13(2,3)4)16-10-5-7-11(8-6-10)17(12,14)15;2-1(3,4)8(5,6)7/h5-9H,1-4H3;(H,5,6,7)/q+1;/p-1. The van der Waals surface area contributed by atoms with Gasteiger partial charge in [-0.05, 0) is 24.3 Å². The first-order valence-corrected chi connectivity index (χ1v) is 10.1. The summed E-state index contributed by atoms with van der Waals surface area (Å²) in [6.45, 7) is 1.95. The van der Waals surface area contributed by atoms with E-state index < -0.39 is 24.7 Å². The summed E-state index contributed by atoms with van der Waals surface area (Å²) in [5.41, 5.74) is -5.65. The van der Waals surface area contributed by atoms with Gasteiger partial charge in [0.2, 0.25) is 6.23 Å². The molecule has 146 valence electrons. The van der Waals surface area contributed by atoms with Crippen LogP contribution >= 0.6 is 10.7 Å². The number of halogens is 4. The number of nitrogens with zero attached hydrogens (tertiary/aromatic N) is 1. The minimum absolute atomic E-state index is 0.0338. The fourth-order valence-corrected chi connectivity index (χ4v) is 1.81. The van der Waals surface area contributed by atoms with E-state index in [1.54, 1.807) is 12.1 Å². The summed E-state index contributed by atoms with van der Waals surface area (Å²) in [6.07, 6.45) is -0.0338. The van der Waals surface area contributed by atoms with Gasteiger partial charge in [-0.1, -0.05) is 0 Å². The second-order valence-electron chi connectivity index (χ2n) is 5.64. The van der Waals surface area contributed by atoms with Crippen LogP contribution in [0.2, 0.25) is 0 Å². The molecule has 0 amide bonds. The predicted molar refractivity (Wildman–Crippen MR) is 83.4 cm³/mol. The Morgan fingerprint density at radius 3 is 1.68 bits per heavy atom. The number of quaternary nitrogens is 1. The Hall–Kier alpha value is -1.08. The Labute approximate surface area is 148 Å². The van der Waals surface area contributed by atoms with Gasteiger partial charge in [0.15, 0.2) is 10.1 Å². The molecule has 1 aromatic carbocycles. The van der Waals surface area contributed by atoms with Crippen LogP contribution in [0, 0.1) is 0 Å². The largest absolute Gasteiger partial charge is 0.741 e. The average molecular weight is 428 g/mol. The van der Waals surface area contributed by atoms with E-state index in [4.69, 9.17) is 28.4 Å². The summed E-state index contributed by atoms with van der Waals surface area (Å²) in [5, 5.41) is 0. The van der Waals surface area contributed by atoms with Gasteiger partial charge in [0.25, 0.3) is 9.05 Å². The van der Waals surface area contributed by atoms with Crippen LogP contribution in [-0.4, -0.2) is 58.8 Å². The molecule has 0 spiro atoms. The SMILES string of the molecule is CC(Oc1ccc(S(=O)(=O)Cl)cc1)[N+](C)(C)C.O=S(=O)([O-])C(F)(F)F. The average Bonchev–Trinajstić information content (AvgIpc) is 2.35. The highest BCUT2D eigenvalue weighted by molar-refractivity contribution is 8.13. The molecule has 0 bridgehead atoms. The molecule has 0 saturated carbocycles. The van der Waals surface area contributed by atoms with Crippen LogP contribution in [0.4, 0.5) is 13.2 Å². The molecular formula is C12H17ClF3NO6S2. The number of hydrogen-bond acceptors (Lipinski definition) is 6. The normalized spacial score (nSPS) is 14.3. The molecule has 0 saturated heterocycles. The molecule has 7 nitrogen and oxygen atoms in total. The molecule has 1 rings (SSSR count). The molecular weight excluding hydrogens is 411 g/mol. The molecule has 1 unspecified atom stereocenters. The second-order valence-corrected chi connectivity index (χ2v) is 9.58. The Bertz CT molecular complexity index is 771. The van der Waals surface area contributed by atoms with Gasteiger partial charge in [0, 0.05) is 17.6 Å². The Balaban J connectivity index is 0.000000609. The van der Waals surface area contributed by atoms with Crippen molar-refractivity contribution in [3.8, 4) is 5.75 Å². The van der Waals surface area contributed by atoms with Crippen molar-refractivity contribution in [2.45, 2.75) is 23.6 Å². The first kappa shape index (κ1) is 23.9. The van der Waals surface area contributed by atoms with E-state index >= 15 is 0 Å². The smallest absolute Gasteiger partial charge is 0.485 e. The van der Waals surface area contributed by atoms with Crippen molar-refractivity contribution in [1.82, 2.24) is 0 Å². The fourth-order valence-electron chi connectivity index (χ4n) is 1.04. The van der Waals surface area contributed by atoms with Crippen molar-refractivity contribution in [3.05, 3.63) is 24.3 Å². The second kappa shape index (κ2) is 8.08. The molecule has 0 aliphatic rings. The minimum Gasteiger partial charge on any atom is -0.741 e. The molecule has 0 fully saturated rings. The summed E-state index contributed by atoms with van der Waals surface area (Å²) >= 11 is 0. The fraction of sp³-hybridized carbons (Fsp3) is 0.500. The van der Waals surface area contributed by atoms with Gasteiger partial charge in [-0.25, -0.2) is 16.8 Å². The Morgan fingerprint density at radius 1 is 1.08 bits per heavy atom. The van der Waals surface area contributed by atoms with Crippen molar-refractivity contribution in [3.63, 3.8) is 0 Å². The zero-order valence-electron chi connectivity index (χ0n) is 13.6. The first-order valence-electron chi connectivity index (χ1n) is 6.40. The lowest BCUT2D eigenvalue weighted by Crippen LogP contribution is -2.46. The van der Waals surface area contributed by atoms with E-state index in [0.29, 0.717) is 10.2 Å². The monoisotopic (exact) mass is 427 g/mol. The lowest BCUT2D eigenvalue weighted by Gasteiger charge is -2.31. The van der Waals surface area contributed by atoms with Crippen LogP contribution in [0.25, 0.3) is 0 Å². The topological polar surface area (TPSA) is 101 Å². The van der Waals surface area contributed by atoms with Gasteiger partial charge in [0.05, 0.1) is 26.0 Å².